The lowest BCUT2D eigenvalue weighted by atomic mass is 10.0. The molecule has 0 aliphatic heterocycles. The highest BCUT2D eigenvalue weighted by Gasteiger charge is 2.21. The van der Waals surface area contributed by atoms with Crippen molar-refractivity contribution < 1.29 is 19.1 Å². The summed E-state index contributed by atoms with van der Waals surface area (Å²) in [6.07, 6.45) is 4.59. The number of hydrogen-bond acceptors (Lipinski definition) is 8. The second-order valence-corrected chi connectivity index (χ2v) is 9.91. The molecule has 0 aliphatic rings. The van der Waals surface area contributed by atoms with Crippen LogP contribution in [0.2, 0.25) is 5.02 Å². The van der Waals surface area contributed by atoms with Crippen molar-refractivity contribution >= 4 is 41.1 Å². The number of carbonyl (C=O) groups is 3. The van der Waals surface area contributed by atoms with E-state index >= 15 is 0 Å². The lowest BCUT2D eigenvalue weighted by molar-refractivity contribution is -0.123. The van der Waals surface area contributed by atoms with Gasteiger partial charge in [-0.1, -0.05) is 55.8 Å². The summed E-state index contributed by atoms with van der Waals surface area (Å²) in [6, 6.07) is 20.0. The molecule has 0 aliphatic carbocycles. The quantitative estimate of drug-likeness (QED) is 0.133. The van der Waals surface area contributed by atoms with Gasteiger partial charge in [-0.2, -0.15) is 4.68 Å². The highest BCUT2D eigenvalue weighted by atomic mass is 35.5. The van der Waals surface area contributed by atoms with E-state index in [2.05, 4.69) is 26.2 Å². The molecule has 4 rings (SSSR count). The lowest BCUT2D eigenvalue weighted by Gasteiger charge is -2.18. The van der Waals surface area contributed by atoms with E-state index in [1.54, 1.807) is 48.5 Å². The maximum Gasteiger partial charge on any atom is 0.339 e. The molecule has 0 saturated heterocycles. The van der Waals surface area contributed by atoms with Crippen molar-refractivity contribution in [2.45, 2.75) is 26.3 Å². The summed E-state index contributed by atoms with van der Waals surface area (Å²) in [5.41, 5.74) is 2.94. The van der Waals surface area contributed by atoms with E-state index in [4.69, 9.17) is 16.3 Å². The number of aromatic nitrogens is 4. The number of halogens is 1. The van der Waals surface area contributed by atoms with Crippen LogP contribution in [0.3, 0.4) is 0 Å². The van der Waals surface area contributed by atoms with Gasteiger partial charge < -0.3 is 15.4 Å². The molecule has 0 fully saturated rings. The van der Waals surface area contributed by atoms with E-state index < -0.39 is 23.8 Å². The Bertz CT molecular complexity index is 1540. The van der Waals surface area contributed by atoms with Gasteiger partial charge in [0.2, 0.25) is 11.8 Å². The fraction of sp³-hybridized carbons (Fsp3) is 0.226. The van der Waals surface area contributed by atoms with E-state index in [-0.39, 0.29) is 13.2 Å². The van der Waals surface area contributed by atoms with Crippen molar-refractivity contribution in [1.82, 2.24) is 30.4 Å². The first-order chi connectivity index (χ1) is 20.9. The summed E-state index contributed by atoms with van der Waals surface area (Å²) in [5, 5.41) is 17.3. The second kappa shape index (κ2) is 15.4. The summed E-state index contributed by atoms with van der Waals surface area (Å²) in [5.74, 6) is -1.35. The van der Waals surface area contributed by atoms with Gasteiger partial charge in [-0.05, 0) is 77.6 Å². The van der Waals surface area contributed by atoms with E-state index in [0.29, 0.717) is 27.5 Å². The van der Waals surface area contributed by atoms with Crippen molar-refractivity contribution in [3.05, 3.63) is 107 Å². The zero-order chi connectivity index (χ0) is 30.6. The maximum absolute atomic E-state index is 13.4. The van der Waals surface area contributed by atoms with Crippen LogP contribution in [0.15, 0.2) is 85.2 Å². The molecule has 1 heterocycles. The Morgan fingerprint density at radius 2 is 1.77 bits per heavy atom. The minimum absolute atomic E-state index is 0.204. The number of tetrazole rings is 1. The highest BCUT2D eigenvalue weighted by molar-refractivity contribution is 6.30. The molecular formula is C31H32ClN7O4. The Hall–Kier alpha value is -4.87. The zero-order valence-electron chi connectivity index (χ0n) is 23.8. The second-order valence-electron chi connectivity index (χ2n) is 9.47. The molecular weight excluding hydrogens is 570 g/mol. The monoisotopic (exact) mass is 601 g/mol. The number of carbonyl (C=O) groups excluding carboxylic acids is 3. The normalized spacial score (nSPS) is 11.8. The van der Waals surface area contributed by atoms with Crippen LogP contribution >= 0.6 is 11.6 Å². The third-order valence-electron chi connectivity index (χ3n) is 6.58. The van der Waals surface area contributed by atoms with Crippen molar-refractivity contribution in [1.29, 1.82) is 0 Å². The van der Waals surface area contributed by atoms with Gasteiger partial charge in [0, 0.05) is 28.8 Å². The van der Waals surface area contributed by atoms with Gasteiger partial charge >= 0.3 is 5.97 Å². The lowest BCUT2D eigenvalue weighted by Crippen LogP contribution is -2.44. The van der Waals surface area contributed by atoms with Gasteiger partial charge in [0.1, 0.15) is 19.1 Å². The Balaban J connectivity index is 1.45. The minimum atomic E-state index is -0.892. The van der Waals surface area contributed by atoms with Crippen molar-refractivity contribution in [3.63, 3.8) is 0 Å². The van der Waals surface area contributed by atoms with Crippen LogP contribution in [-0.2, 0) is 20.7 Å². The first kappa shape index (κ1) is 31.1. The van der Waals surface area contributed by atoms with Gasteiger partial charge in [-0.3, -0.25) is 14.5 Å². The Labute approximate surface area is 254 Å². The Morgan fingerprint density at radius 3 is 2.44 bits per heavy atom. The fourth-order valence-electron chi connectivity index (χ4n) is 4.14. The van der Waals surface area contributed by atoms with Crippen LogP contribution in [-0.4, -0.2) is 68.8 Å². The number of ether oxygens (including phenoxy) is 1. The van der Waals surface area contributed by atoms with Gasteiger partial charge in [0.25, 0.3) is 0 Å². The zero-order valence-corrected chi connectivity index (χ0v) is 24.6. The number of anilines is 1. The smallest absolute Gasteiger partial charge is 0.339 e. The van der Waals surface area contributed by atoms with Crippen LogP contribution in [0.25, 0.3) is 11.8 Å². The number of benzene rings is 3. The molecule has 2 N–H and O–H groups in total. The van der Waals surface area contributed by atoms with Gasteiger partial charge in [0.05, 0.1) is 11.3 Å². The summed E-state index contributed by atoms with van der Waals surface area (Å²) in [4.78, 5) is 40.8. The van der Waals surface area contributed by atoms with Gasteiger partial charge in [-0.15, -0.1) is 5.10 Å². The predicted molar refractivity (Wildman–Crippen MR) is 164 cm³/mol. The number of nitrogens with one attached hydrogen (secondary N) is 2. The first-order valence-corrected chi connectivity index (χ1v) is 14.1. The summed E-state index contributed by atoms with van der Waals surface area (Å²) in [7, 11) is 0. The molecule has 0 spiro atoms. The third kappa shape index (κ3) is 9.06. The first-order valence-electron chi connectivity index (χ1n) is 13.7. The Morgan fingerprint density at radius 1 is 1.02 bits per heavy atom. The van der Waals surface area contributed by atoms with Crippen LogP contribution in [0.4, 0.5) is 5.69 Å². The third-order valence-corrected chi connectivity index (χ3v) is 6.81. The molecule has 43 heavy (non-hydrogen) atoms. The van der Waals surface area contributed by atoms with Crippen LogP contribution in [0.5, 0.6) is 0 Å². The van der Waals surface area contributed by atoms with E-state index in [9.17, 15) is 14.4 Å². The van der Waals surface area contributed by atoms with E-state index in [1.165, 1.54) is 17.1 Å². The summed E-state index contributed by atoms with van der Waals surface area (Å²) < 4.78 is 6.81. The standard InChI is InChI=1S/C31H32ClN7O4/c1-3-38(4-2)21-43-31(42)23-10-14-26(15-11-23)34-30(41)27(18-22-8-6-5-7-9-22)35-29(40)17-12-24-19-25(32)13-16-28(24)39-20-33-36-37-39/h5-17,19-20,27H,3-4,18,21H2,1-2H3,(H,34,41)(H,35,40)/b17-12+/t27-/m0/s1. The van der Waals surface area contributed by atoms with Crippen molar-refractivity contribution in [2.24, 2.45) is 0 Å². The average molecular weight is 602 g/mol. The molecule has 0 bridgehead atoms. The number of esters is 1. The van der Waals surface area contributed by atoms with Crippen LogP contribution in [0.1, 0.15) is 35.3 Å². The Kier molecular flexibility index (Phi) is 11.1. The SMILES string of the molecule is CCN(CC)COC(=O)c1ccc(NC(=O)[C@H](Cc2ccccc2)NC(=O)/C=C/c2cc(Cl)ccc2-n2cnnn2)cc1. The van der Waals surface area contributed by atoms with Gasteiger partial charge in [-0.25, -0.2) is 4.79 Å². The van der Waals surface area contributed by atoms with E-state index in [1.807, 2.05) is 49.1 Å². The van der Waals surface area contributed by atoms with Crippen molar-refractivity contribution in [3.8, 4) is 5.69 Å². The van der Waals surface area contributed by atoms with Crippen molar-refractivity contribution in [2.75, 3.05) is 25.1 Å². The van der Waals surface area contributed by atoms with Gasteiger partial charge in [0.15, 0.2) is 0 Å². The maximum atomic E-state index is 13.4. The largest absolute Gasteiger partial charge is 0.446 e. The topological polar surface area (TPSA) is 131 Å². The molecule has 222 valence electrons. The molecule has 1 aromatic heterocycles. The number of nitrogens with zero attached hydrogens (tertiary/aromatic N) is 5. The highest BCUT2D eigenvalue weighted by Crippen LogP contribution is 2.20. The average Bonchev–Trinajstić information content (AvgIpc) is 3.56. The molecule has 3 aromatic carbocycles. The molecule has 0 radical (unpaired) electrons. The number of rotatable bonds is 13. The minimum Gasteiger partial charge on any atom is -0.446 e. The summed E-state index contributed by atoms with van der Waals surface area (Å²) >= 11 is 6.18. The molecule has 2 amide bonds. The predicted octanol–water partition coefficient (Wildman–Crippen LogP) is 4.15. The molecule has 1 atom stereocenters. The summed E-state index contributed by atoms with van der Waals surface area (Å²) in [6.45, 7) is 5.73. The van der Waals surface area contributed by atoms with Crippen LogP contribution < -0.4 is 10.6 Å². The molecule has 0 saturated carbocycles. The molecule has 11 nitrogen and oxygen atoms in total. The molecule has 0 unspecified atom stereocenters. The van der Waals surface area contributed by atoms with Crippen LogP contribution in [0, 0.1) is 0 Å². The fourth-order valence-corrected chi connectivity index (χ4v) is 4.32. The molecule has 12 heteroatoms. The molecule has 4 aromatic rings. The number of hydrogen-bond donors (Lipinski definition) is 2. The van der Waals surface area contributed by atoms with E-state index in [0.717, 1.165) is 18.7 Å². The number of amides is 2.